The highest BCUT2D eigenvalue weighted by Gasteiger charge is 2.72. The zero-order valence-electron chi connectivity index (χ0n) is 20.5. The summed E-state index contributed by atoms with van der Waals surface area (Å²) in [6.45, 7) is 0.162. The van der Waals surface area contributed by atoms with Crippen LogP contribution in [-0.4, -0.2) is 17.8 Å². The van der Waals surface area contributed by atoms with Crippen LogP contribution < -0.4 is 4.90 Å². The number of esters is 1. The summed E-state index contributed by atoms with van der Waals surface area (Å²) in [4.78, 5) is 42.2. The normalized spacial score (nSPS) is 26.2. The summed E-state index contributed by atoms with van der Waals surface area (Å²) in [6.07, 6.45) is 0. The summed E-state index contributed by atoms with van der Waals surface area (Å²) in [6, 6.07) is 31.9. The molecule has 0 aromatic heterocycles. The fourth-order valence-corrected chi connectivity index (χ4v) is 8.78. The summed E-state index contributed by atoms with van der Waals surface area (Å²) in [5.41, 5.74) is 5.62. The Bertz CT molecular complexity index is 1550. The maximum Gasteiger partial charge on any atom is 0.338 e. The highest BCUT2D eigenvalue weighted by molar-refractivity contribution is 9.10. The van der Waals surface area contributed by atoms with Crippen LogP contribution in [0.3, 0.4) is 0 Å². The molecule has 4 aromatic rings. The molecule has 7 heteroatoms. The Morgan fingerprint density at radius 2 is 1.10 bits per heavy atom. The molecule has 0 radical (unpaired) electrons. The molecule has 5 nitrogen and oxygen atoms in total. The number of imide groups is 1. The molecule has 8 rings (SSSR count). The number of carbonyl (C=O) groups excluding carboxylic acids is 3. The number of hydrogen-bond donors (Lipinski definition) is 0. The Morgan fingerprint density at radius 1 is 0.667 bits per heavy atom. The molecule has 1 aliphatic heterocycles. The summed E-state index contributed by atoms with van der Waals surface area (Å²) in [5, 5.41) is 0. The molecule has 3 aliphatic carbocycles. The van der Waals surface area contributed by atoms with E-state index in [-0.39, 0.29) is 18.4 Å². The first-order valence-electron chi connectivity index (χ1n) is 12.6. The van der Waals surface area contributed by atoms with Gasteiger partial charge in [-0.05, 0) is 52.1 Å². The molecule has 0 spiro atoms. The number of carbonyl (C=O) groups is 3. The number of halogens is 2. The lowest BCUT2D eigenvalue weighted by Crippen LogP contribution is -2.56. The van der Waals surface area contributed by atoms with Crippen LogP contribution in [0.5, 0.6) is 0 Å². The second-order valence-electron chi connectivity index (χ2n) is 10.1. The van der Waals surface area contributed by atoms with Gasteiger partial charge in [-0.2, -0.15) is 0 Å². The molecule has 39 heavy (non-hydrogen) atoms. The zero-order chi connectivity index (χ0) is 26.9. The lowest BCUT2D eigenvalue weighted by molar-refractivity contribution is -0.122. The Kier molecular flexibility index (Phi) is 5.48. The van der Waals surface area contributed by atoms with E-state index in [1.807, 2.05) is 78.9 Å². The van der Waals surface area contributed by atoms with Gasteiger partial charge < -0.3 is 4.74 Å². The van der Waals surface area contributed by atoms with Gasteiger partial charge in [0.2, 0.25) is 11.8 Å². The zero-order valence-corrected chi connectivity index (χ0v) is 23.7. The van der Waals surface area contributed by atoms with E-state index in [4.69, 9.17) is 4.74 Å². The number of ether oxygens (including phenoxy) is 1. The third-order valence-electron chi connectivity index (χ3n) is 8.16. The average molecular weight is 643 g/mol. The second kappa shape index (κ2) is 8.73. The van der Waals surface area contributed by atoms with Gasteiger partial charge >= 0.3 is 5.97 Å². The van der Waals surface area contributed by atoms with Gasteiger partial charge in [0.1, 0.15) is 6.61 Å². The Balaban J connectivity index is 1.24. The average Bonchev–Trinajstić information content (AvgIpc) is 3.26. The minimum Gasteiger partial charge on any atom is -0.457 e. The van der Waals surface area contributed by atoms with Crippen molar-refractivity contribution in [2.75, 3.05) is 4.90 Å². The van der Waals surface area contributed by atoms with Crippen molar-refractivity contribution in [2.45, 2.75) is 15.3 Å². The number of benzene rings is 4. The van der Waals surface area contributed by atoms with E-state index in [1.165, 1.54) is 4.90 Å². The van der Waals surface area contributed by atoms with Gasteiger partial charge in [0.05, 0.1) is 31.7 Å². The van der Waals surface area contributed by atoms with Crippen molar-refractivity contribution in [3.8, 4) is 0 Å². The molecule has 1 heterocycles. The van der Waals surface area contributed by atoms with E-state index in [1.54, 1.807) is 24.3 Å². The smallest absolute Gasteiger partial charge is 0.338 e. The first-order valence-corrected chi connectivity index (χ1v) is 14.2. The number of alkyl halides is 2. The number of rotatable bonds is 4. The van der Waals surface area contributed by atoms with E-state index in [0.29, 0.717) is 11.3 Å². The molecule has 4 aromatic carbocycles. The van der Waals surface area contributed by atoms with Gasteiger partial charge in [-0.1, -0.05) is 111 Å². The van der Waals surface area contributed by atoms with E-state index in [9.17, 15) is 14.4 Å². The Labute approximate surface area is 242 Å². The molecule has 2 unspecified atom stereocenters. The highest BCUT2D eigenvalue weighted by Crippen LogP contribution is 2.70. The maximum absolute atomic E-state index is 14.1. The summed E-state index contributed by atoms with van der Waals surface area (Å²) in [5.74, 6) is -2.31. The molecule has 2 bridgehead atoms. The third kappa shape index (κ3) is 3.26. The summed E-state index contributed by atoms with van der Waals surface area (Å²) < 4.78 is 3.75. The quantitative estimate of drug-likeness (QED) is 0.146. The lowest BCUT2D eigenvalue weighted by atomic mass is 9.54. The van der Waals surface area contributed by atoms with Gasteiger partial charge in [-0.15, -0.1) is 0 Å². The fourth-order valence-electron chi connectivity index (χ4n) is 6.47. The second-order valence-corrected chi connectivity index (χ2v) is 12.6. The molecule has 4 aliphatic rings. The van der Waals surface area contributed by atoms with Crippen LogP contribution in [0.25, 0.3) is 0 Å². The Morgan fingerprint density at radius 3 is 1.56 bits per heavy atom. The number of anilines is 1. The van der Waals surface area contributed by atoms with Crippen LogP contribution in [0.2, 0.25) is 0 Å². The van der Waals surface area contributed by atoms with E-state index < -0.39 is 26.5 Å². The molecule has 1 saturated heterocycles. The third-order valence-corrected chi connectivity index (χ3v) is 10.9. The molecule has 0 saturated carbocycles. The van der Waals surface area contributed by atoms with E-state index in [0.717, 1.165) is 27.8 Å². The van der Waals surface area contributed by atoms with Crippen molar-refractivity contribution in [3.05, 3.63) is 137 Å². The standard InChI is InChI=1S/C32H21Br2NO4/c33-31-22-10-4-5-11-23(22)32(34,25-13-7-6-12-24(25)31)27-26(31)28(36)35(29(27)37)21-16-14-20(15-17-21)30(38)39-18-19-8-2-1-3-9-19/h1-17,26-27H,18H2. The van der Waals surface area contributed by atoms with Gasteiger partial charge in [0, 0.05) is 0 Å². The van der Waals surface area contributed by atoms with Crippen molar-refractivity contribution < 1.29 is 19.1 Å². The molecule has 192 valence electrons. The van der Waals surface area contributed by atoms with Crippen molar-refractivity contribution in [1.29, 1.82) is 0 Å². The lowest BCUT2D eigenvalue weighted by Gasteiger charge is -2.55. The SMILES string of the molecule is O=C(OCc1ccccc1)c1ccc(N2C(=O)C3C(C2=O)C2(Br)c4ccccc4C3(Br)c3ccccc32)cc1. The van der Waals surface area contributed by atoms with Crippen LogP contribution in [0.15, 0.2) is 103 Å². The van der Waals surface area contributed by atoms with E-state index in [2.05, 4.69) is 31.9 Å². The van der Waals surface area contributed by atoms with Crippen LogP contribution in [0, 0.1) is 11.8 Å². The van der Waals surface area contributed by atoms with Crippen LogP contribution in [0.1, 0.15) is 38.2 Å². The minimum absolute atomic E-state index is 0.162. The molecule has 0 N–H and O–H groups in total. The molecule has 2 amide bonds. The molecule has 1 fully saturated rings. The number of nitrogens with zero attached hydrogens (tertiary/aromatic N) is 1. The summed E-state index contributed by atoms with van der Waals surface area (Å²) in [7, 11) is 0. The first kappa shape index (κ1) is 24.5. The topological polar surface area (TPSA) is 63.7 Å². The van der Waals surface area contributed by atoms with Crippen LogP contribution >= 0.6 is 31.9 Å². The molecule has 2 atom stereocenters. The van der Waals surface area contributed by atoms with Gasteiger partial charge in [0.25, 0.3) is 0 Å². The predicted octanol–water partition coefficient (Wildman–Crippen LogP) is 6.45. The molecular weight excluding hydrogens is 622 g/mol. The van der Waals surface area contributed by atoms with Crippen molar-refractivity contribution in [3.63, 3.8) is 0 Å². The van der Waals surface area contributed by atoms with Crippen LogP contribution in [-0.2, 0) is 29.6 Å². The maximum atomic E-state index is 14.1. The number of amides is 2. The predicted molar refractivity (Wildman–Crippen MR) is 154 cm³/mol. The van der Waals surface area contributed by atoms with E-state index >= 15 is 0 Å². The fraction of sp³-hybridized carbons (Fsp3) is 0.156. The molecular formula is C32H21Br2NO4. The van der Waals surface area contributed by atoms with Gasteiger partial charge in [-0.25, -0.2) is 9.69 Å². The van der Waals surface area contributed by atoms with Crippen molar-refractivity contribution >= 4 is 55.3 Å². The number of hydrogen-bond acceptors (Lipinski definition) is 4. The van der Waals surface area contributed by atoms with Crippen LogP contribution in [0.4, 0.5) is 5.69 Å². The minimum atomic E-state index is -0.844. The highest BCUT2D eigenvalue weighted by atomic mass is 79.9. The Hall–Kier alpha value is -3.55. The first-order chi connectivity index (χ1) is 18.9. The van der Waals surface area contributed by atoms with Gasteiger partial charge in [-0.3, -0.25) is 9.59 Å². The monoisotopic (exact) mass is 641 g/mol. The van der Waals surface area contributed by atoms with Crippen molar-refractivity contribution in [2.24, 2.45) is 11.8 Å². The van der Waals surface area contributed by atoms with Crippen molar-refractivity contribution in [1.82, 2.24) is 0 Å². The summed E-state index contributed by atoms with van der Waals surface area (Å²) >= 11 is 8.03. The van der Waals surface area contributed by atoms with Gasteiger partial charge in [0.15, 0.2) is 0 Å². The largest absolute Gasteiger partial charge is 0.457 e.